The smallest absolute Gasteiger partial charge is 0.227 e. The molecule has 0 bridgehead atoms. The number of benzene rings is 3. The highest BCUT2D eigenvalue weighted by Crippen LogP contribution is 2.32. The molecule has 0 amide bonds. The monoisotopic (exact) mass is 423 g/mol. The van der Waals surface area contributed by atoms with E-state index in [4.69, 9.17) is 14.1 Å². The van der Waals surface area contributed by atoms with Gasteiger partial charge in [-0.1, -0.05) is 42.5 Å². The first-order valence-corrected chi connectivity index (χ1v) is 11.3. The molecule has 32 heavy (non-hydrogen) atoms. The second kappa shape index (κ2) is 8.24. The number of fused-ring (bicyclic) bond motifs is 2. The second-order valence-corrected chi connectivity index (χ2v) is 8.42. The highest BCUT2D eigenvalue weighted by Gasteiger charge is 2.22. The number of imidazole rings is 1. The van der Waals surface area contributed by atoms with Gasteiger partial charge in [0.1, 0.15) is 11.3 Å². The fraction of sp³-hybridized carbons (Fsp3) is 0.259. The van der Waals surface area contributed by atoms with Gasteiger partial charge in [-0.25, -0.2) is 9.97 Å². The topological polar surface area (TPSA) is 53.1 Å². The van der Waals surface area contributed by atoms with E-state index in [9.17, 15) is 0 Å². The zero-order valence-electron chi connectivity index (χ0n) is 17.9. The molecule has 3 heterocycles. The van der Waals surface area contributed by atoms with Crippen LogP contribution in [0.1, 0.15) is 30.3 Å². The van der Waals surface area contributed by atoms with Crippen LogP contribution in [-0.2, 0) is 17.6 Å². The van der Waals surface area contributed by atoms with Crippen LogP contribution in [0, 0.1) is 0 Å². The molecule has 3 aromatic carbocycles. The number of hydrogen-bond acceptors (Lipinski definition) is 4. The van der Waals surface area contributed by atoms with Crippen LogP contribution in [0.2, 0.25) is 0 Å². The molecule has 1 saturated heterocycles. The van der Waals surface area contributed by atoms with E-state index in [-0.39, 0.29) is 0 Å². The summed E-state index contributed by atoms with van der Waals surface area (Å²) in [5.41, 5.74) is 6.15. The minimum Gasteiger partial charge on any atom is -0.436 e. The molecule has 2 aromatic heterocycles. The summed E-state index contributed by atoms with van der Waals surface area (Å²) in [6, 6.07) is 25.3. The molecule has 5 heteroatoms. The van der Waals surface area contributed by atoms with Crippen molar-refractivity contribution in [1.29, 1.82) is 0 Å². The predicted molar refractivity (Wildman–Crippen MR) is 126 cm³/mol. The fourth-order valence-electron chi connectivity index (χ4n) is 4.71. The quantitative estimate of drug-likeness (QED) is 0.349. The number of para-hydroxylation sites is 2. The SMILES string of the molecule is c1ccc(CCc2nc3cc(-c4nc5ccccc5o4)ccc3n2C2CCOCC2)cc1. The Morgan fingerprint density at radius 2 is 1.62 bits per heavy atom. The summed E-state index contributed by atoms with van der Waals surface area (Å²) >= 11 is 0. The minimum atomic E-state index is 0.426. The summed E-state index contributed by atoms with van der Waals surface area (Å²) in [6.07, 6.45) is 3.94. The zero-order valence-corrected chi connectivity index (χ0v) is 17.9. The minimum absolute atomic E-state index is 0.426. The standard InChI is InChI=1S/C27H25N3O2/c1-2-6-19(7-3-1)10-13-26-28-23-18-20(27-29-22-8-4-5-9-25(22)32-27)11-12-24(23)30(26)21-14-16-31-17-15-21/h1-9,11-12,18,21H,10,13-17H2. The number of ether oxygens (including phenoxy) is 1. The first-order valence-electron chi connectivity index (χ1n) is 11.3. The van der Waals surface area contributed by atoms with Gasteiger partial charge in [-0.05, 0) is 55.2 Å². The number of hydrogen-bond donors (Lipinski definition) is 0. The van der Waals surface area contributed by atoms with E-state index in [0.717, 1.165) is 66.9 Å². The Bertz CT molecular complexity index is 1330. The molecule has 5 aromatic rings. The molecule has 160 valence electrons. The maximum atomic E-state index is 6.00. The van der Waals surface area contributed by atoms with E-state index in [1.165, 1.54) is 11.1 Å². The van der Waals surface area contributed by atoms with Crippen LogP contribution in [0.3, 0.4) is 0 Å². The lowest BCUT2D eigenvalue weighted by molar-refractivity contribution is 0.0699. The van der Waals surface area contributed by atoms with Crippen LogP contribution in [0.15, 0.2) is 77.2 Å². The van der Waals surface area contributed by atoms with Gasteiger partial charge in [0, 0.05) is 31.2 Å². The summed E-state index contributed by atoms with van der Waals surface area (Å²) < 4.78 is 14.1. The number of aromatic nitrogens is 3. The van der Waals surface area contributed by atoms with Gasteiger partial charge in [0.05, 0.1) is 11.0 Å². The van der Waals surface area contributed by atoms with Crippen molar-refractivity contribution >= 4 is 22.1 Å². The molecule has 0 spiro atoms. The zero-order chi connectivity index (χ0) is 21.3. The Hall–Kier alpha value is -3.44. The molecule has 1 fully saturated rings. The number of rotatable bonds is 5. The summed E-state index contributed by atoms with van der Waals surface area (Å²) in [7, 11) is 0. The molecule has 0 atom stereocenters. The van der Waals surface area contributed by atoms with Crippen molar-refractivity contribution in [2.75, 3.05) is 13.2 Å². The van der Waals surface area contributed by atoms with Gasteiger partial charge in [-0.15, -0.1) is 0 Å². The normalized spacial score (nSPS) is 15.0. The van der Waals surface area contributed by atoms with Gasteiger partial charge in [0.15, 0.2) is 5.58 Å². The van der Waals surface area contributed by atoms with Gasteiger partial charge < -0.3 is 13.7 Å². The van der Waals surface area contributed by atoms with Crippen molar-refractivity contribution < 1.29 is 9.15 Å². The number of aryl methyl sites for hydroxylation is 2. The lowest BCUT2D eigenvalue weighted by atomic mass is 10.1. The van der Waals surface area contributed by atoms with E-state index in [0.29, 0.717) is 11.9 Å². The Balaban J connectivity index is 1.40. The van der Waals surface area contributed by atoms with Gasteiger partial charge in [0.25, 0.3) is 0 Å². The van der Waals surface area contributed by atoms with Crippen molar-refractivity contribution in [2.24, 2.45) is 0 Å². The molecule has 0 radical (unpaired) electrons. The first-order chi connectivity index (χ1) is 15.8. The Kier molecular flexibility index (Phi) is 4.96. The van der Waals surface area contributed by atoms with Crippen molar-refractivity contribution in [3.63, 3.8) is 0 Å². The molecule has 5 nitrogen and oxygen atoms in total. The number of nitrogens with zero attached hydrogens (tertiary/aromatic N) is 3. The van der Waals surface area contributed by atoms with Crippen LogP contribution < -0.4 is 0 Å². The summed E-state index contributed by atoms with van der Waals surface area (Å²) in [6.45, 7) is 1.62. The molecule has 0 unspecified atom stereocenters. The summed E-state index contributed by atoms with van der Waals surface area (Å²) in [5, 5.41) is 0. The average molecular weight is 424 g/mol. The van der Waals surface area contributed by atoms with E-state index >= 15 is 0 Å². The predicted octanol–water partition coefficient (Wildman–Crippen LogP) is 5.98. The highest BCUT2D eigenvalue weighted by molar-refractivity contribution is 5.83. The lowest BCUT2D eigenvalue weighted by Crippen LogP contribution is -2.21. The highest BCUT2D eigenvalue weighted by atomic mass is 16.5. The van der Waals surface area contributed by atoms with Crippen LogP contribution >= 0.6 is 0 Å². The van der Waals surface area contributed by atoms with E-state index in [2.05, 4.69) is 58.1 Å². The van der Waals surface area contributed by atoms with E-state index < -0.39 is 0 Å². The van der Waals surface area contributed by atoms with Gasteiger partial charge >= 0.3 is 0 Å². The summed E-state index contributed by atoms with van der Waals surface area (Å²) in [4.78, 5) is 9.76. The maximum absolute atomic E-state index is 6.00. The summed E-state index contributed by atoms with van der Waals surface area (Å²) in [5.74, 6) is 1.78. The third-order valence-electron chi connectivity index (χ3n) is 6.34. The molecule has 0 N–H and O–H groups in total. The average Bonchev–Trinajstić information content (AvgIpc) is 3.45. The Labute approximate surface area is 186 Å². The van der Waals surface area contributed by atoms with Crippen LogP contribution in [0.25, 0.3) is 33.6 Å². The third kappa shape index (κ3) is 3.59. The van der Waals surface area contributed by atoms with Crippen LogP contribution in [0.4, 0.5) is 0 Å². The van der Waals surface area contributed by atoms with Gasteiger partial charge in [-0.2, -0.15) is 0 Å². The van der Waals surface area contributed by atoms with Crippen LogP contribution in [0.5, 0.6) is 0 Å². The second-order valence-electron chi connectivity index (χ2n) is 8.42. The lowest BCUT2D eigenvalue weighted by Gasteiger charge is -2.26. The van der Waals surface area contributed by atoms with Crippen molar-refractivity contribution in [2.45, 2.75) is 31.7 Å². The fourth-order valence-corrected chi connectivity index (χ4v) is 4.71. The Morgan fingerprint density at radius 3 is 2.47 bits per heavy atom. The van der Waals surface area contributed by atoms with Crippen molar-refractivity contribution in [3.8, 4) is 11.5 Å². The van der Waals surface area contributed by atoms with Gasteiger partial charge in [0.2, 0.25) is 5.89 Å². The first kappa shape index (κ1) is 19.3. The van der Waals surface area contributed by atoms with E-state index in [1.54, 1.807) is 0 Å². The molecule has 1 aliphatic rings. The molecule has 1 aliphatic heterocycles. The number of oxazole rings is 1. The Morgan fingerprint density at radius 1 is 0.812 bits per heavy atom. The molecule has 6 rings (SSSR count). The molecule has 0 saturated carbocycles. The van der Waals surface area contributed by atoms with Crippen molar-refractivity contribution in [1.82, 2.24) is 14.5 Å². The molecular formula is C27H25N3O2. The molecular weight excluding hydrogens is 398 g/mol. The van der Waals surface area contributed by atoms with Crippen LogP contribution in [-0.4, -0.2) is 27.7 Å². The maximum Gasteiger partial charge on any atom is 0.227 e. The van der Waals surface area contributed by atoms with Gasteiger partial charge in [-0.3, -0.25) is 0 Å². The third-order valence-corrected chi connectivity index (χ3v) is 6.34. The van der Waals surface area contributed by atoms with E-state index in [1.807, 2.05) is 24.3 Å². The molecule has 0 aliphatic carbocycles. The largest absolute Gasteiger partial charge is 0.436 e. The van der Waals surface area contributed by atoms with Crippen molar-refractivity contribution in [3.05, 3.63) is 84.2 Å².